The van der Waals surface area contributed by atoms with Gasteiger partial charge in [0.15, 0.2) is 24.5 Å². The average molecular weight is 637 g/mol. The summed E-state index contributed by atoms with van der Waals surface area (Å²) in [6, 6.07) is 6.31. The van der Waals surface area contributed by atoms with Gasteiger partial charge in [-0.1, -0.05) is 17.3 Å². The lowest BCUT2D eigenvalue weighted by Gasteiger charge is -2.51. The molecule has 2 amide bonds. The minimum atomic E-state index is -5.19. The largest absolute Gasteiger partial charge is 0.724 e. The Bertz CT molecular complexity index is 1600. The van der Waals surface area contributed by atoms with Crippen molar-refractivity contribution in [3.8, 4) is 16.9 Å². The fraction of sp³-hybridized carbons (Fsp3) is 0.400. The second-order valence-corrected chi connectivity index (χ2v) is 11.8. The summed E-state index contributed by atoms with van der Waals surface area (Å²) in [5.41, 5.74) is 11.9. The van der Waals surface area contributed by atoms with E-state index < -0.39 is 33.8 Å². The van der Waals surface area contributed by atoms with Gasteiger partial charge in [-0.05, 0) is 44.5 Å². The molecule has 1 fully saturated rings. The number of β-lactam (4-membered cyclic amide) rings is 1. The third kappa shape index (κ3) is 7.65. The van der Waals surface area contributed by atoms with E-state index in [1.54, 1.807) is 0 Å². The number of nitrogens with one attached hydrogen (secondary N) is 1. The molecular weight excluding hydrogens is 604 g/mol. The second kappa shape index (κ2) is 13.0. The maximum atomic E-state index is 13.1. The molecule has 18 heteroatoms. The number of rotatable bonds is 14. The molecule has 43 heavy (non-hydrogen) atoms. The molecule has 0 bridgehead atoms. The zero-order chi connectivity index (χ0) is 31.4. The Balaban J connectivity index is 1.34. The Morgan fingerprint density at radius 1 is 1.26 bits per heavy atom. The van der Waals surface area contributed by atoms with E-state index in [-0.39, 0.29) is 29.8 Å². The summed E-state index contributed by atoms with van der Waals surface area (Å²) in [4.78, 5) is 34.8. The highest BCUT2D eigenvalue weighted by Crippen LogP contribution is 2.33. The van der Waals surface area contributed by atoms with E-state index in [0.717, 1.165) is 35.4 Å². The molecule has 0 radical (unpaired) electrons. The Hall–Kier alpha value is -4.10. The molecule has 16 nitrogen and oxygen atoms in total. The maximum Gasteiger partial charge on any atom is 0.276 e. The third-order valence-corrected chi connectivity index (χ3v) is 7.50. The van der Waals surface area contributed by atoms with Gasteiger partial charge in [0.25, 0.3) is 11.8 Å². The number of hydrogen-bond acceptors (Lipinski definition) is 13. The molecule has 0 unspecified atom stereocenters. The van der Waals surface area contributed by atoms with Crippen molar-refractivity contribution in [1.29, 1.82) is 0 Å². The summed E-state index contributed by atoms with van der Waals surface area (Å²) in [6.45, 7) is 4.33. The number of amides is 2. The van der Waals surface area contributed by atoms with Crippen molar-refractivity contribution in [3.63, 3.8) is 0 Å². The SMILES string of the molecule is C[n+]1cc(-c2ccc(OCCO/N=C(\C(=O)N[C@@H]3C(=O)N(OS(=O)(=O)[O-])C3(C)C)c3csc(N)n3)cc2)cn1CCCN. The fourth-order valence-electron chi connectivity index (χ4n) is 4.25. The molecule has 3 heterocycles. The van der Waals surface area contributed by atoms with Crippen LogP contribution in [-0.2, 0) is 42.7 Å². The van der Waals surface area contributed by atoms with Crippen LogP contribution in [0.3, 0.4) is 0 Å². The van der Waals surface area contributed by atoms with Gasteiger partial charge in [0, 0.05) is 5.38 Å². The minimum Gasteiger partial charge on any atom is -0.724 e. The molecule has 1 aromatic carbocycles. The summed E-state index contributed by atoms with van der Waals surface area (Å²) in [7, 11) is -3.22. The van der Waals surface area contributed by atoms with Crippen molar-refractivity contribution >= 4 is 44.4 Å². The number of anilines is 1. The van der Waals surface area contributed by atoms with E-state index in [9.17, 15) is 22.6 Å². The number of benzene rings is 1. The molecule has 232 valence electrons. The second-order valence-electron chi connectivity index (χ2n) is 9.98. The summed E-state index contributed by atoms with van der Waals surface area (Å²) >= 11 is 1.06. The first-order valence-corrected chi connectivity index (χ1v) is 15.2. The van der Waals surface area contributed by atoms with Gasteiger partial charge in [0.05, 0.1) is 23.8 Å². The van der Waals surface area contributed by atoms with Gasteiger partial charge < -0.3 is 30.9 Å². The molecule has 2 aromatic heterocycles. The van der Waals surface area contributed by atoms with Crippen molar-refractivity contribution in [1.82, 2.24) is 20.0 Å². The third-order valence-electron chi connectivity index (χ3n) is 6.50. The van der Waals surface area contributed by atoms with Crippen LogP contribution in [0.5, 0.6) is 5.75 Å². The van der Waals surface area contributed by atoms with Crippen LogP contribution in [0.2, 0.25) is 0 Å². The monoisotopic (exact) mass is 636 g/mol. The maximum absolute atomic E-state index is 13.1. The van der Waals surface area contributed by atoms with Crippen molar-refractivity contribution in [2.45, 2.75) is 38.4 Å². The van der Waals surface area contributed by atoms with E-state index in [1.807, 2.05) is 42.2 Å². The quantitative estimate of drug-likeness (QED) is 0.0395. The zero-order valence-corrected chi connectivity index (χ0v) is 25.3. The number of carbonyl (C=O) groups is 2. The van der Waals surface area contributed by atoms with Crippen LogP contribution in [0.25, 0.3) is 11.1 Å². The first kappa shape index (κ1) is 31.8. The van der Waals surface area contributed by atoms with Crippen molar-refractivity contribution in [2.24, 2.45) is 17.9 Å². The molecule has 1 atom stereocenters. The topological polar surface area (TPSA) is 220 Å². The fourth-order valence-corrected chi connectivity index (χ4v) is 5.25. The molecule has 0 spiro atoms. The predicted molar refractivity (Wildman–Crippen MR) is 153 cm³/mol. The average Bonchev–Trinajstić information content (AvgIpc) is 3.55. The molecule has 4 rings (SSSR count). The Labute approximate surface area is 251 Å². The van der Waals surface area contributed by atoms with E-state index in [2.05, 4.69) is 30.6 Å². The van der Waals surface area contributed by atoms with Crippen LogP contribution in [0.15, 0.2) is 47.2 Å². The Morgan fingerprint density at radius 3 is 2.58 bits per heavy atom. The number of thiazole rings is 1. The summed E-state index contributed by atoms with van der Waals surface area (Å²) < 4.78 is 46.8. The summed E-state index contributed by atoms with van der Waals surface area (Å²) in [5, 5.41) is 8.37. The molecule has 0 aliphatic carbocycles. The van der Waals surface area contributed by atoms with Crippen molar-refractivity contribution < 1.29 is 41.1 Å². The normalized spacial score (nSPS) is 16.6. The number of ether oxygens (including phenoxy) is 1. The molecular formula is C25H32N8O8S2. The number of aromatic nitrogens is 3. The van der Waals surface area contributed by atoms with Gasteiger partial charge >= 0.3 is 0 Å². The number of carbonyl (C=O) groups excluding carboxylic acids is 2. The highest BCUT2D eigenvalue weighted by molar-refractivity contribution is 7.80. The van der Waals surface area contributed by atoms with Gasteiger partial charge in [-0.2, -0.15) is 14.0 Å². The zero-order valence-electron chi connectivity index (χ0n) is 23.6. The lowest BCUT2D eigenvalue weighted by atomic mass is 9.84. The van der Waals surface area contributed by atoms with Crippen LogP contribution in [0.4, 0.5) is 5.13 Å². The number of nitrogens with zero attached hydrogens (tertiary/aromatic N) is 5. The molecule has 0 saturated carbocycles. The van der Waals surface area contributed by atoms with Gasteiger partial charge in [0.2, 0.25) is 16.6 Å². The van der Waals surface area contributed by atoms with Crippen molar-refractivity contribution in [3.05, 3.63) is 47.7 Å². The molecule has 3 aromatic rings. The van der Waals surface area contributed by atoms with Crippen LogP contribution < -0.4 is 26.2 Å². The van der Waals surface area contributed by atoms with Crippen LogP contribution in [0.1, 0.15) is 26.0 Å². The minimum absolute atomic E-state index is 0.0329. The molecule has 1 aliphatic heterocycles. The predicted octanol–water partition coefficient (Wildman–Crippen LogP) is -0.336. The number of aryl methyl sites for hydroxylation is 2. The van der Waals surface area contributed by atoms with Crippen molar-refractivity contribution in [2.75, 3.05) is 25.5 Å². The Kier molecular flexibility index (Phi) is 9.65. The lowest BCUT2D eigenvalue weighted by molar-refractivity contribution is -0.753. The van der Waals surface area contributed by atoms with Gasteiger partial charge in [0.1, 0.15) is 24.1 Å². The highest BCUT2D eigenvalue weighted by atomic mass is 32.3. The first-order valence-electron chi connectivity index (χ1n) is 13.0. The number of nitrogen functional groups attached to an aromatic ring is 1. The first-order chi connectivity index (χ1) is 20.3. The van der Waals surface area contributed by atoms with E-state index in [4.69, 9.17) is 21.0 Å². The molecule has 1 aliphatic rings. The number of nitrogens with two attached hydrogens (primary N) is 2. The van der Waals surface area contributed by atoms with Crippen LogP contribution >= 0.6 is 11.3 Å². The highest BCUT2D eigenvalue weighted by Gasteiger charge is 2.57. The lowest BCUT2D eigenvalue weighted by Crippen LogP contribution is -2.76. The number of oxime groups is 1. The summed E-state index contributed by atoms with van der Waals surface area (Å²) in [6.07, 6.45) is 4.98. The molecule has 1 saturated heterocycles. The number of hydroxylamine groups is 2. The van der Waals surface area contributed by atoms with Gasteiger partial charge in [-0.15, -0.1) is 16.0 Å². The summed E-state index contributed by atoms with van der Waals surface area (Å²) in [5.74, 6) is -1.18. The van der Waals surface area contributed by atoms with E-state index >= 15 is 0 Å². The standard InChI is InChI=1S/C25H32N8O8S2/c1-25(2)21(23(35)33(25)41-43(36,37)38)29-22(34)20(19-15-42-24(27)28-19)30-40-12-11-39-18-7-5-16(6-8-18)17-13-31(3)32(14-17)10-4-9-26/h5-8,13-15,21H,4,9-12,26H2,1-3H3,(H3-,27,28,29,34,36,37,38)/b30-20-/t21-/m1/s1. The Morgan fingerprint density at radius 2 is 1.98 bits per heavy atom. The van der Waals surface area contributed by atoms with Crippen LogP contribution in [0, 0.1) is 0 Å². The van der Waals surface area contributed by atoms with E-state index in [1.165, 1.54) is 19.2 Å². The van der Waals surface area contributed by atoms with Crippen LogP contribution in [-0.4, -0.2) is 76.6 Å². The molecule has 5 N–H and O–H groups in total. The van der Waals surface area contributed by atoms with Gasteiger partial charge in [-0.3, -0.25) is 9.59 Å². The number of hydrogen-bond donors (Lipinski definition) is 3. The van der Waals surface area contributed by atoms with E-state index in [0.29, 0.717) is 17.4 Å². The smallest absolute Gasteiger partial charge is 0.276 e. The van der Waals surface area contributed by atoms with Gasteiger partial charge in [-0.25, -0.2) is 13.4 Å².